The van der Waals surface area contributed by atoms with Gasteiger partial charge in [-0.1, -0.05) is 54.4 Å². The van der Waals surface area contributed by atoms with Gasteiger partial charge >= 0.3 is 0 Å². The van der Waals surface area contributed by atoms with Gasteiger partial charge in [0.2, 0.25) is 0 Å². The van der Waals surface area contributed by atoms with Crippen LogP contribution in [0.25, 0.3) is 0 Å². The quantitative estimate of drug-likeness (QED) is 0.555. The molecule has 0 aromatic rings. The van der Waals surface area contributed by atoms with Gasteiger partial charge in [-0.2, -0.15) is 0 Å². The van der Waals surface area contributed by atoms with E-state index in [9.17, 15) is 0 Å². The van der Waals surface area contributed by atoms with E-state index in [2.05, 4.69) is 13.8 Å². The summed E-state index contributed by atoms with van der Waals surface area (Å²) in [6.07, 6.45) is 4.35. The van der Waals surface area contributed by atoms with Crippen molar-refractivity contribution in [3.05, 3.63) is 0 Å². The maximum Gasteiger partial charge on any atom is -0.0386 e. The van der Waals surface area contributed by atoms with Crippen LogP contribution in [-0.2, 0) is 0 Å². The highest BCUT2D eigenvalue weighted by Crippen LogP contribution is 2.42. The minimum Gasteiger partial charge on any atom is -0.0683 e. The van der Waals surface area contributed by atoms with E-state index >= 15 is 0 Å². The largest absolute Gasteiger partial charge is 0.0683 e. The molecular weight excluding hydrogens is 132 g/mol. The zero-order chi connectivity index (χ0) is 9.28. The smallest absolute Gasteiger partial charge is 0.0386 e. The summed E-state index contributed by atoms with van der Waals surface area (Å²) in [5.41, 5.74) is 0. The van der Waals surface area contributed by atoms with Gasteiger partial charge in [0.25, 0.3) is 0 Å². The van der Waals surface area contributed by atoms with Crippen molar-refractivity contribution in [2.45, 2.75) is 60.8 Å². The Morgan fingerprint density at radius 2 is 1.09 bits per heavy atom. The third-order valence-corrected chi connectivity index (χ3v) is 2.12. The van der Waals surface area contributed by atoms with Crippen LogP contribution in [0.1, 0.15) is 60.8 Å². The van der Waals surface area contributed by atoms with E-state index < -0.39 is 0 Å². The van der Waals surface area contributed by atoms with Crippen LogP contribution in [-0.4, -0.2) is 0 Å². The lowest BCUT2D eigenvalue weighted by atomic mass is 10.2. The Morgan fingerprint density at radius 3 is 1.18 bits per heavy atom. The van der Waals surface area contributed by atoms with Crippen molar-refractivity contribution in [1.82, 2.24) is 0 Å². The Labute approximate surface area is 73.4 Å². The van der Waals surface area contributed by atoms with Crippen molar-refractivity contribution in [1.29, 1.82) is 0 Å². The second-order valence-electron chi connectivity index (χ2n) is 2.57. The predicted octanol–water partition coefficient (Wildman–Crippen LogP) is 4.49. The summed E-state index contributed by atoms with van der Waals surface area (Å²) in [6, 6.07) is 0. The lowest BCUT2D eigenvalue weighted by molar-refractivity contribution is 0.663. The highest BCUT2D eigenvalue weighted by Gasteiger charge is 2.32. The average Bonchev–Trinajstić information content (AvgIpc) is 2.89. The standard InChI is InChI=1S/C7H14.2C2H6/c1-3-6-5-7(6)4-2;2*1-2/h6-7H,3-5H2,1-2H3;2*1-2H3. The summed E-state index contributed by atoms with van der Waals surface area (Å²) >= 11 is 0. The van der Waals surface area contributed by atoms with E-state index in [1.165, 1.54) is 19.3 Å². The van der Waals surface area contributed by atoms with E-state index in [0.29, 0.717) is 0 Å². The predicted molar refractivity (Wildman–Crippen MR) is 54.9 cm³/mol. The minimum atomic E-state index is 1.12. The molecule has 0 saturated heterocycles. The fourth-order valence-corrected chi connectivity index (χ4v) is 1.31. The molecule has 0 bridgehead atoms. The number of hydrogen-bond donors (Lipinski definition) is 0. The third kappa shape index (κ3) is 6.40. The summed E-state index contributed by atoms with van der Waals surface area (Å²) in [5, 5.41) is 0. The van der Waals surface area contributed by atoms with E-state index in [4.69, 9.17) is 0 Å². The second-order valence-corrected chi connectivity index (χ2v) is 2.57. The van der Waals surface area contributed by atoms with Gasteiger partial charge in [-0.3, -0.25) is 0 Å². The molecule has 0 aromatic heterocycles. The first-order valence-electron chi connectivity index (χ1n) is 5.38. The van der Waals surface area contributed by atoms with Gasteiger partial charge in [0, 0.05) is 0 Å². The molecule has 0 amide bonds. The molecule has 0 aliphatic heterocycles. The van der Waals surface area contributed by atoms with Gasteiger partial charge in [-0.25, -0.2) is 0 Å². The van der Waals surface area contributed by atoms with Crippen molar-refractivity contribution in [2.24, 2.45) is 11.8 Å². The Kier molecular flexibility index (Phi) is 12.3. The first-order valence-corrected chi connectivity index (χ1v) is 5.38. The van der Waals surface area contributed by atoms with Crippen molar-refractivity contribution in [2.75, 3.05) is 0 Å². The van der Waals surface area contributed by atoms with Crippen LogP contribution in [0.5, 0.6) is 0 Å². The van der Waals surface area contributed by atoms with Gasteiger partial charge in [0.15, 0.2) is 0 Å². The molecule has 0 nitrogen and oxygen atoms in total. The molecular formula is C11H26. The van der Waals surface area contributed by atoms with Crippen molar-refractivity contribution in [3.63, 3.8) is 0 Å². The fourth-order valence-electron chi connectivity index (χ4n) is 1.31. The summed E-state index contributed by atoms with van der Waals surface area (Å²) in [5.74, 6) is 2.23. The van der Waals surface area contributed by atoms with E-state index in [0.717, 1.165) is 11.8 Å². The first-order chi connectivity index (χ1) is 5.38. The summed E-state index contributed by atoms with van der Waals surface area (Å²) in [4.78, 5) is 0. The molecule has 0 spiro atoms. The molecule has 0 radical (unpaired) electrons. The molecule has 0 N–H and O–H groups in total. The van der Waals surface area contributed by atoms with Crippen LogP contribution in [0.3, 0.4) is 0 Å². The Bertz CT molecular complexity index is 49.1. The molecule has 1 rings (SSSR count). The molecule has 1 saturated carbocycles. The highest BCUT2D eigenvalue weighted by atomic mass is 14.4. The van der Waals surface area contributed by atoms with Crippen molar-refractivity contribution >= 4 is 0 Å². The molecule has 2 unspecified atom stereocenters. The van der Waals surface area contributed by atoms with Gasteiger partial charge in [-0.05, 0) is 18.3 Å². The molecule has 1 aliphatic carbocycles. The first kappa shape index (κ1) is 13.6. The van der Waals surface area contributed by atoms with Gasteiger partial charge in [0.1, 0.15) is 0 Å². The summed E-state index contributed by atoms with van der Waals surface area (Å²) in [7, 11) is 0. The SMILES string of the molecule is CC.CC.CCC1CC1CC. The van der Waals surface area contributed by atoms with Crippen LogP contribution >= 0.6 is 0 Å². The number of hydrogen-bond acceptors (Lipinski definition) is 0. The zero-order valence-electron chi connectivity index (χ0n) is 9.28. The molecule has 1 aliphatic rings. The average molecular weight is 158 g/mol. The normalized spacial score (nSPS) is 25.6. The van der Waals surface area contributed by atoms with Gasteiger partial charge in [-0.15, -0.1) is 0 Å². The fraction of sp³-hybridized carbons (Fsp3) is 1.00. The maximum atomic E-state index is 2.29. The van der Waals surface area contributed by atoms with Gasteiger partial charge in [0.05, 0.1) is 0 Å². The Balaban J connectivity index is 0. The van der Waals surface area contributed by atoms with Crippen molar-refractivity contribution < 1.29 is 0 Å². The molecule has 11 heavy (non-hydrogen) atoms. The Hall–Kier alpha value is 0. The lowest BCUT2D eigenvalue weighted by Gasteiger charge is -1.85. The van der Waals surface area contributed by atoms with E-state index in [1.54, 1.807) is 0 Å². The molecule has 2 atom stereocenters. The van der Waals surface area contributed by atoms with Crippen LogP contribution in [0.2, 0.25) is 0 Å². The second kappa shape index (κ2) is 10.0. The maximum absolute atomic E-state index is 2.29. The molecule has 0 heterocycles. The van der Waals surface area contributed by atoms with E-state index in [-0.39, 0.29) is 0 Å². The number of rotatable bonds is 2. The highest BCUT2D eigenvalue weighted by molar-refractivity contribution is 4.83. The zero-order valence-corrected chi connectivity index (χ0v) is 9.28. The van der Waals surface area contributed by atoms with Gasteiger partial charge < -0.3 is 0 Å². The van der Waals surface area contributed by atoms with Crippen molar-refractivity contribution in [3.8, 4) is 0 Å². The molecule has 70 valence electrons. The summed E-state index contributed by atoms with van der Waals surface area (Å²) in [6.45, 7) is 12.6. The summed E-state index contributed by atoms with van der Waals surface area (Å²) < 4.78 is 0. The van der Waals surface area contributed by atoms with Crippen LogP contribution in [0.15, 0.2) is 0 Å². The molecule has 0 heteroatoms. The Morgan fingerprint density at radius 1 is 0.818 bits per heavy atom. The molecule has 1 fully saturated rings. The van der Waals surface area contributed by atoms with Crippen LogP contribution in [0.4, 0.5) is 0 Å². The monoisotopic (exact) mass is 158 g/mol. The van der Waals surface area contributed by atoms with Crippen LogP contribution < -0.4 is 0 Å². The van der Waals surface area contributed by atoms with Crippen LogP contribution in [0, 0.1) is 11.8 Å². The topological polar surface area (TPSA) is 0 Å². The van der Waals surface area contributed by atoms with E-state index in [1.807, 2.05) is 27.7 Å². The molecule has 0 aromatic carbocycles. The third-order valence-electron chi connectivity index (χ3n) is 2.12. The lowest BCUT2D eigenvalue weighted by Crippen LogP contribution is -1.74. The minimum absolute atomic E-state index is 1.12.